The van der Waals surface area contributed by atoms with Crippen LogP contribution in [-0.2, 0) is 4.79 Å². The van der Waals surface area contributed by atoms with Crippen molar-refractivity contribution >= 4 is 18.0 Å². The Balaban J connectivity index is 2.30. The fourth-order valence-corrected chi connectivity index (χ4v) is 2.52. The molecule has 0 N–H and O–H groups in total. The molecular weight excluding hydrogens is 295 g/mol. The maximum absolute atomic E-state index is 13.8. The number of methoxy groups -OCH3 is 2. The first kappa shape index (κ1) is 15.2. The minimum Gasteiger partial charge on any atom is -0.481 e. The van der Waals surface area contributed by atoms with Gasteiger partial charge in [-0.3, -0.25) is 0 Å². The second-order valence-corrected chi connectivity index (χ2v) is 5.04. The van der Waals surface area contributed by atoms with E-state index in [-0.39, 0.29) is 10.7 Å². The molecular formula is C14H13FN2O3S. The number of carbonyl (C=O) groups excluding carboxylic acids is 1. The molecule has 7 heteroatoms. The molecule has 5 nitrogen and oxygen atoms in total. The van der Waals surface area contributed by atoms with Crippen LogP contribution < -0.4 is 9.47 Å². The Morgan fingerprint density at radius 1 is 1.19 bits per heavy atom. The van der Waals surface area contributed by atoms with Crippen molar-refractivity contribution in [2.45, 2.75) is 10.4 Å². The average molecular weight is 308 g/mol. The van der Waals surface area contributed by atoms with Crippen LogP contribution in [0.15, 0.2) is 35.5 Å². The van der Waals surface area contributed by atoms with E-state index in [1.165, 1.54) is 26.4 Å². The molecule has 0 saturated carbocycles. The van der Waals surface area contributed by atoms with Gasteiger partial charge in [-0.15, -0.1) is 0 Å². The highest BCUT2D eigenvalue weighted by molar-refractivity contribution is 8.00. The minimum atomic E-state index is -0.747. The molecule has 0 amide bonds. The summed E-state index contributed by atoms with van der Waals surface area (Å²) in [5.74, 6) is 0.169. The van der Waals surface area contributed by atoms with Gasteiger partial charge in [0.2, 0.25) is 11.8 Å². The van der Waals surface area contributed by atoms with Crippen molar-refractivity contribution in [2.24, 2.45) is 0 Å². The summed E-state index contributed by atoms with van der Waals surface area (Å²) in [6, 6.07) is 7.61. The van der Waals surface area contributed by atoms with Gasteiger partial charge in [0.05, 0.1) is 25.5 Å². The molecule has 0 saturated heterocycles. The van der Waals surface area contributed by atoms with Crippen LogP contribution >= 0.6 is 11.8 Å². The summed E-state index contributed by atoms with van der Waals surface area (Å²) in [7, 11) is 2.93. The molecule has 0 bridgehead atoms. The number of aldehydes is 1. The van der Waals surface area contributed by atoms with Crippen LogP contribution in [0.3, 0.4) is 0 Å². The smallest absolute Gasteiger partial charge is 0.220 e. The normalized spacial score (nSPS) is 11.8. The van der Waals surface area contributed by atoms with Crippen LogP contribution in [0, 0.1) is 5.82 Å². The highest BCUT2D eigenvalue weighted by Gasteiger charge is 2.18. The molecule has 21 heavy (non-hydrogen) atoms. The fraction of sp³-hybridized carbons (Fsp3) is 0.214. The summed E-state index contributed by atoms with van der Waals surface area (Å²) < 4.78 is 23.8. The van der Waals surface area contributed by atoms with E-state index in [0.29, 0.717) is 18.0 Å². The van der Waals surface area contributed by atoms with Crippen molar-refractivity contribution in [1.82, 2.24) is 9.97 Å². The number of nitrogens with zero attached hydrogens (tertiary/aromatic N) is 2. The lowest BCUT2D eigenvalue weighted by molar-refractivity contribution is -0.107. The van der Waals surface area contributed by atoms with E-state index in [1.54, 1.807) is 18.2 Å². The van der Waals surface area contributed by atoms with E-state index in [1.807, 2.05) is 0 Å². The number of benzene rings is 1. The Labute approximate surface area is 125 Å². The predicted octanol–water partition coefficient (Wildman–Crippen LogP) is 2.67. The van der Waals surface area contributed by atoms with Gasteiger partial charge in [-0.25, -0.2) is 4.39 Å². The fourth-order valence-electron chi connectivity index (χ4n) is 1.63. The predicted molar refractivity (Wildman–Crippen MR) is 76.2 cm³/mol. The Hall–Kier alpha value is -2.15. The Morgan fingerprint density at radius 2 is 1.81 bits per heavy atom. The second kappa shape index (κ2) is 7.03. The van der Waals surface area contributed by atoms with E-state index in [2.05, 4.69) is 9.97 Å². The van der Waals surface area contributed by atoms with Gasteiger partial charge in [-0.1, -0.05) is 30.0 Å². The number of thioether (sulfide) groups is 1. The van der Waals surface area contributed by atoms with Gasteiger partial charge >= 0.3 is 0 Å². The zero-order chi connectivity index (χ0) is 15.2. The van der Waals surface area contributed by atoms with Crippen LogP contribution in [0.5, 0.6) is 11.8 Å². The Kier molecular flexibility index (Phi) is 5.10. The van der Waals surface area contributed by atoms with Gasteiger partial charge in [0.1, 0.15) is 12.1 Å². The third-order valence-electron chi connectivity index (χ3n) is 2.64. The first-order chi connectivity index (χ1) is 10.2. The number of ether oxygens (including phenoxy) is 2. The molecule has 0 aliphatic heterocycles. The third kappa shape index (κ3) is 3.69. The highest BCUT2D eigenvalue weighted by atomic mass is 32.2. The monoisotopic (exact) mass is 308 g/mol. The zero-order valence-electron chi connectivity index (χ0n) is 11.4. The van der Waals surface area contributed by atoms with E-state index in [4.69, 9.17) is 9.47 Å². The molecule has 0 spiro atoms. The Morgan fingerprint density at radius 3 is 2.33 bits per heavy atom. The molecule has 1 unspecified atom stereocenters. The van der Waals surface area contributed by atoms with Crippen LogP contribution in [-0.4, -0.2) is 30.5 Å². The van der Waals surface area contributed by atoms with Crippen LogP contribution in [0.4, 0.5) is 4.39 Å². The quantitative estimate of drug-likeness (QED) is 0.464. The lowest BCUT2D eigenvalue weighted by Gasteiger charge is -2.11. The van der Waals surface area contributed by atoms with Gasteiger partial charge in [0, 0.05) is 5.56 Å². The highest BCUT2D eigenvalue weighted by Crippen LogP contribution is 2.34. The first-order valence-electron chi connectivity index (χ1n) is 6.01. The topological polar surface area (TPSA) is 61.3 Å². The van der Waals surface area contributed by atoms with Crippen LogP contribution in [0.25, 0.3) is 0 Å². The van der Waals surface area contributed by atoms with Crippen molar-refractivity contribution < 1.29 is 18.7 Å². The van der Waals surface area contributed by atoms with Crippen molar-refractivity contribution in [3.8, 4) is 11.8 Å². The molecule has 0 radical (unpaired) electrons. The number of rotatable bonds is 6. The van der Waals surface area contributed by atoms with E-state index >= 15 is 0 Å². The summed E-state index contributed by atoms with van der Waals surface area (Å²) in [6.45, 7) is 0. The molecule has 1 atom stereocenters. The average Bonchev–Trinajstić information content (AvgIpc) is 2.53. The maximum atomic E-state index is 13.8. The summed E-state index contributed by atoms with van der Waals surface area (Å²) in [6.07, 6.45) is 0.651. The summed E-state index contributed by atoms with van der Waals surface area (Å²) in [4.78, 5) is 19.5. The number of hydrogen-bond acceptors (Lipinski definition) is 6. The van der Waals surface area contributed by atoms with E-state index < -0.39 is 11.1 Å². The molecule has 1 heterocycles. The molecule has 0 fully saturated rings. The molecule has 2 rings (SSSR count). The SMILES string of the molecule is COc1cc(OC)nc(SC(C=O)c2ccccc2F)n1. The van der Waals surface area contributed by atoms with E-state index in [9.17, 15) is 9.18 Å². The standard InChI is InChI=1S/C14H13FN2O3S/c1-19-12-7-13(20-2)17-14(16-12)21-11(8-18)9-5-3-4-6-10(9)15/h3-8,11H,1-2H3. The van der Waals surface area contributed by atoms with Crippen molar-refractivity contribution in [2.75, 3.05) is 14.2 Å². The molecule has 110 valence electrons. The number of halogens is 1. The summed E-state index contributed by atoms with van der Waals surface area (Å²) in [5.41, 5.74) is 0.280. The van der Waals surface area contributed by atoms with Crippen molar-refractivity contribution in [1.29, 1.82) is 0 Å². The summed E-state index contributed by atoms with van der Waals surface area (Å²) in [5, 5.41) is -0.477. The molecule has 2 aromatic rings. The van der Waals surface area contributed by atoms with Gasteiger partial charge < -0.3 is 14.3 Å². The van der Waals surface area contributed by atoms with Crippen molar-refractivity contribution in [3.05, 3.63) is 41.7 Å². The minimum absolute atomic E-state index is 0.270. The molecule has 0 aliphatic carbocycles. The van der Waals surface area contributed by atoms with Gasteiger partial charge in [0.25, 0.3) is 0 Å². The van der Waals surface area contributed by atoms with Gasteiger partial charge in [-0.05, 0) is 6.07 Å². The number of carbonyl (C=O) groups is 1. The molecule has 1 aromatic carbocycles. The molecule has 0 aliphatic rings. The largest absolute Gasteiger partial charge is 0.481 e. The van der Waals surface area contributed by atoms with Gasteiger partial charge in [-0.2, -0.15) is 9.97 Å². The lowest BCUT2D eigenvalue weighted by Crippen LogP contribution is -2.02. The third-order valence-corrected chi connectivity index (χ3v) is 3.66. The number of hydrogen-bond donors (Lipinski definition) is 0. The van der Waals surface area contributed by atoms with Crippen LogP contribution in [0.2, 0.25) is 0 Å². The van der Waals surface area contributed by atoms with Gasteiger partial charge in [0.15, 0.2) is 5.16 Å². The molecule has 1 aromatic heterocycles. The zero-order valence-corrected chi connectivity index (χ0v) is 12.3. The number of aromatic nitrogens is 2. The van der Waals surface area contributed by atoms with Crippen molar-refractivity contribution in [3.63, 3.8) is 0 Å². The lowest BCUT2D eigenvalue weighted by atomic mass is 10.1. The first-order valence-corrected chi connectivity index (χ1v) is 6.89. The van der Waals surface area contributed by atoms with E-state index in [0.717, 1.165) is 11.8 Å². The maximum Gasteiger partial charge on any atom is 0.220 e. The second-order valence-electron chi connectivity index (χ2n) is 3.93. The summed E-state index contributed by atoms with van der Waals surface area (Å²) >= 11 is 1.02. The van der Waals surface area contributed by atoms with Crippen LogP contribution in [0.1, 0.15) is 10.8 Å². The Bertz CT molecular complexity index is 617.